The number of aromatic amines is 1. The Kier molecular flexibility index (Phi) is 15.1. The van der Waals surface area contributed by atoms with Gasteiger partial charge in [0.05, 0.1) is 33.3 Å². The number of hydrogen-bond acceptors (Lipinski definition) is 10. The van der Waals surface area contributed by atoms with E-state index in [0.29, 0.717) is 23.0 Å². The molecule has 13 nitrogen and oxygen atoms in total. The molecule has 16 heteroatoms. The number of aromatic nitrogens is 2. The van der Waals surface area contributed by atoms with Gasteiger partial charge in [0.15, 0.2) is 0 Å². The summed E-state index contributed by atoms with van der Waals surface area (Å²) < 4.78 is 76.5. The zero-order valence-corrected chi connectivity index (χ0v) is 34.6. The molecule has 0 radical (unpaired) electrons. The van der Waals surface area contributed by atoms with Crippen LogP contribution in [0.1, 0.15) is 22.3 Å². The molecule has 2 heterocycles. The number of benzene rings is 4. The summed E-state index contributed by atoms with van der Waals surface area (Å²) in [5.41, 5.74) is 2.94. The highest BCUT2D eigenvalue weighted by molar-refractivity contribution is 7.89. The van der Waals surface area contributed by atoms with Gasteiger partial charge in [-0.2, -0.15) is 8.61 Å². The van der Waals surface area contributed by atoms with E-state index in [1.807, 2.05) is 48.5 Å². The molecule has 58 heavy (non-hydrogen) atoms. The molecule has 1 N–H and O–H groups in total. The topological polar surface area (TPSA) is 157 Å². The lowest BCUT2D eigenvalue weighted by Crippen LogP contribution is -2.30. The molecule has 0 aliphatic heterocycles. The van der Waals surface area contributed by atoms with Crippen molar-refractivity contribution in [2.45, 2.75) is 36.0 Å². The molecule has 0 spiro atoms. The number of methoxy groups -OCH3 is 4. The number of sulfonamides is 2. The summed E-state index contributed by atoms with van der Waals surface area (Å²) in [5.74, 6) is 2.80. The van der Waals surface area contributed by atoms with Gasteiger partial charge in [-0.3, -0.25) is 4.79 Å². The van der Waals surface area contributed by atoms with Crippen LogP contribution >= 0.6 is 11.6 Å². The molecule has 6 aromatic rings. The number of H-pyrrole nitrogens is 1. The van der Waals surface area contributed by atoms with Gasteiger partial charge in [-0.05, 0) is 89.0 Å². The van der Waals surface area contributed by atoms with Crippen molar-refractivity contribution in [3.8, 4) is 23.0 Å². The molecular formula is C42H43ClN4O9S2. The third-order valence-corrected chi connectivity index (χ3v) is 12.6. The molecule has 4 aromatic carbocycles. The minimum absolute atomic E-state index is 0.0270. The van der Waals surface area contributed by atoms with Crippen molar-refractivity contribution in [2.24, 2.45) is 0 Å². The van der Waals surface area contributed by atoms with Gasteiger partial charge in [-0.15, -0.1) is 0 Å². The zero-order valence-electron chi connectivity index (χ0n) is 32.2. The molecule has 0 bridgehead atoms. The van der Waals surface area contributed by atoms with Gasteiger partial charge in [0.2, 0.25) is 25.6 Å². The third kappa shape index (κ3) is 11.7. The summed E-state index contributed by atoms with van der Waals surface area (Å²) >= 11 is 5.81. The van der Waals surface area contributed by atoms with Crippen molar-refractivity contribution in [2.75, 3.05) is 28.4 Å². The quantitative estimate of drug-likeness (QED) is 0.101. The van der Waals surface area contributed by atoms with Crippen molar-refractivity contribution in [3.63, 3.8) is 0 Å². The standard InChI is InChI=1S/C21H21ClN2O4S.C21H22N2O5S/c1-27-18-7-3-16(4-8-18)14-24(15-17-5-9-19(28-2)10-6-17)29(25,26)20-11-12-21(22)23-13-20;1-27-18-7-3-16(4-8-18)14-23(15-17-5-9-19(28-2)10-6-17)29(25,26)20-11-12-21(24)22-13-20/h3-13H,14-15H2,1-2H3;3-13H,14-15H2,1-2H3,(H,22,24). The van der Waals surface area contributed by atoms with Crippen LogP contribution in [0.25, 0.3) is 0 Å². The maximum atomic E-state index is 13.3. The highest BCUT2D eigenvalue weighted by Gasteiger charge is 2.27. The van der Waals surface area contributed by atoms with Crippen LogP contribution in [0, 0.1) is 0 Å². The van der Waals surface area contributed by atoms with Crippen LogP contribution < -0.4 is 24.5 Å². The second kappa shape index (κ2) is 20.1. The molecule has 0 fully saturated rings. The number of ether oxygens (including phenoxy) is 4. The molecule has 0 amide bonds. The van der Waals surface area contributed by atoms with Crippen molar-refractivity contribution in [1.82, 2.24) is 18.6 Å². The average molecular weight is 847 g/mol. The van der Waals surface area contributed by atoms with E-state index in [-0.39, 0.29) is 46.7 Å². The van der Waals surface area contributed by atoms with Crippen molar-refractivity contribution in [1.29, 1.82) is 0 Å². The van der Waals surface area contributed by atoms with E-state index >= 15 is 0 Å². The van der Waals surface area contributed by atoms with Gasteiger partial charge in [-0.25, -0.2) is 21.8 Å². The van der Waals surface area contributed by atoms with E-state index in [1.54, 1.807) is 77.0 Å². The second-order valence-electron chi connectivity index (χ2n) is 12.6. The summed E-state index contributed by atoms with van der Waals surface area (Å²) in [6, 6.07) is 34.4. The number of pyridine rings is 2. The smallest absolute Gasteiger partial charge is 0.247 e. The maximum absolute atomic E-state index is 13.3. The zero-order chi connectivity index (χ0) is 41.7. The van der Waals surface area contributed by atoms with Gasteiger partial charge in [0, 0.05) is 44.6 Å². The lowest BCUT2D eigenvalue weighted by atomic mass is 10.2. The van der Waals surface area contributed by atoms with Crippen molar-refractivity contribution in [3.05, 3.63) is 171 Å². The van der Waals surface area contributed by atoms with Crippen LogP contribution in [0.5, 0.6) is 23.0 Å². The van der Waals surface area contributed by atoms with Gasteiger partial charge in [0.1, 0.15) is 33.0 Å². The Morgan fingerprint density at radius 1 is 0.500 bits per heavy atom. The van der Waals surface area contributed by atoms with E-state index in [1.165, 1.54) is 45.3 Å². The number of rotatable bonds is 16. The minimum atomic E-state index is -3.84. The summed E-state index contributed by atoms with van der Waals surface area (Å²) in [7, 11) is -1.32. The average Bonchev–Trinajstić information content (AvgIpc) is 3.24. The van der Waals surface area contributed by atoms with E-state index in [4.69, 9.17) is 30.5 Å². The fourth-order valence-electron chi connectivity index (χ4n) is 5.56. The second-order valence-corrected chi connectivity index (χ2v) is 16.9. The summed E-state index contributed by atoms with van der Waals surface area (Å²) in [5, 5.41) is 0.237. The number of nitrogens with zero attached hydrogens (tertiary/aromatic N) is 3. The first kappa shape index (κ1) is 43.4. The summed E-state index contributed by atoms with van der Waals surface area (Å²) in [4.78, 5) is 17.8. The summed E-state index contributed by atoms with van der Waals surface area (Å²) in [6.07, 6.45) is 2.49. The van der Waals surface area contributed by atoms with Crippen LogP contribution in [-0.4, -0.2) is 63.9 Å². The van der Waals surface area contributed by atoms with Gasteiger partial charge < -0.3 is 23.9 Å². The Bertz CT molecular complexity index is 2380. The molecule has 0 aliphatic rings. The molecule has 0 aliphatic carbocycles. The summed E-state index contributed by atoms with van der Waals surface area (Å²) in [6.45, 7) is 0.719. The predicted molar refractivity (Wildman–Crippen MR) is 221 cm³/mol. The van der Waals surface area contributed by atoms with E-state index in [9.17, 15) is 21.6 Å². The molecule has 304 valence electrons. The van der Waals surface area contributed by atoms with Crippen LogP contribution in [-0.2, 0) is 46.2 Å². The fourth-order valence-corrected chi connectivity index (χ4v) is 8.42. The fraction of sp³-hybridized carbons (Fsp3) is 0.190. The van der Waals surface area contributed by atoms with Crippen LogP contribution in [0.4, 0.5) is 0 Å². The molecule has 0 saturated carbocycles. The van der Waals surface area contributed by atoms with Gasteiger partial charge >= 0.3 is 0 Å². The van der Waals surface area contributed by atoms with Crippen molar-refractivity contribution >= 4 is 31.6 Å². The Balaban J connectivity index is 0.000000221. The number of halogens is 1. The normalized spacial score (nSPS) is 11.4. The van der Waals surface area contributed by atoms with Crippen LogP contribution in [0.2, 0.25) is 5.15 Å². The highest BCUT2D eigenvalue weighted by Crippen LogP contribution is 2.25. The van der Waals surface area contributed by atoms with E-state index < -0.39 is 20.0 Å². The Hall–Kier alpha value is -5.71. The Morgan fingerprint density at radius 2 is 0.828 bits per heavy atom. The van der Waals surface area contributed by atoms with Gasteiger partial charge in [-0.1, -0.05) is 60.1 Å². The van der Waals surface area contributed by atoms with Crippen molar-refractivity contribution < 1.29 is 35.8 Å². The third-order valence-electron chi connectivity index (χ3n) is 8.80. The SMILES string of the molecule is COc1ccc(CN(Cc2ccc(OC)cc2)S(=O)(=O)c2ccc(=O)[nH]c2)cc1.COc1ccc(CN(Cc2ccc(OC)cc2)S(=O)(=O)c2ccc(Cl)nc2)cc1. The van der Waals surface area contributed by atoms with E-state index in [2.05, 4.69) is 9.97 Å². The monoisotopic (exact) mass is 846 g/mol. The van der Waals surface area contributed by atoms with E-state index in [0.717, 1.165) is 22.3 Å². The molecular weight excluding hydrogens is 804 g/mol. The largest absolute Gasteiger partial charge is 0.497 e. The van der Waals surface area contributed by atoms with Crippen LogP contribution in [0.15, 0.2) is 148 Å². The van der Waals surface area contributed by atoms with Gasteiger partial charge in [0.25, 0.3) is 0 Å². The minimum Gasteiger partial charge on any atom is -0.497 e. The molecule has 0 unspecified atom stereocenters. The number of hydrogen-bond donors (Lipinski definition) is 1. The highest BCUT2D eigenvalue weighted by atomic mass is 35.5. The van der Waals surface area contributed by atoms with Crippen LogP contribution in [0.3, 0.4) is 0 Å². The maximum Gasteiger partial charge on any atom is 0.247 e. The molecule has 0 saturated heterocycles. The lowest BCUT2D eigenvalue weighted by molar-refractivity contribution is 0.397. The number of nitrogens with one attached hydrogen (secondary N) is 1. The Morgan fingerprint density at radius 3 is 1.10 bits per heavy atom. The molecule has 2 aromatic heterocycles. The first-order chi connectivity index (χ1) is 27.8. The molecule has 6 rings (SSSR count). The molecule has 0 atom stereocenters. The first-order valence-corrected chi connectivity index (χ1v) is 20.9. The first-order valence-electron chi connectivity index (χ1n) is 17.7. The Labute approximate surface area is 343 Å². The lowest BCUT2D eigenvalue weighted by Gasteiger charge is -2.22. The predicted octanol–water partition coefficient (Wildman–Crippen LogP) is 6.93.